The average molecular weight is 567 g/mol. The predicted molar refractivity (Wildman–Crippen MR) is 136 cm³/mol. The third-order valence-electron chi connectivity index (χ3n) is 7.40. The van der Waals surface area contributed by atoms with Crippen LogP contribution in [0.5, 0.6) is 5.75 Å². The molecule has 1 aromatic heterocycles. The highest BCUT2D eigenvalue weighted by molar-refractivity contribution is 7.51. The van der Waals surface area contributed by atoms with E-state index in [4.69, 9.17) is 24.3 Å². The molecule has 1 aliphatic carbocycles. The molecular formula is C25H32FN4O8P. The minimum atomic E-state index is -4.22. The van der Waals surface area contributed by atoms with Gasteiger partial charge in [0, 0.05) is 12.7 Å². The number of aromatic nitrogens is 2. The van der Waals surface area contributed by atoms with E-state index in [2.05, 4.69) is 4.98 Å². The number of nitrogen functional groups attached to an aromatic ring is 1. The fourth-order valence-corrected chi connectivity index (χ4v) is 7.19. The first kappa shape index (κ1) is 27.7. The van der Waals surface area contributed by atoms with Crippen LogP contribution in [0.3, 0.4) is 0 Å². The van der Waals surface area contributed by atoms with Crippen LogP contribution >= 0.6 is 7.75 Å². The molecule has 1 aromatic carbocycles. The molecule has 1 spiro atoms. The molecule has 39 heavy (non-hydrogen) atoms. The number of alkyl halides is 1. The SMILES string of the molecule is C[C@@H](C(=O)OC1CCCCC1)N1C[C@]2(COP1(=O)Oc1ccccc1)O[C@@H](n1ccc(N)nc1=O)[C@H](F)[C@@H]2O. The van der Waals surface area contributed by atoms with Gasteiger partial charge in [0.15, 0.2) is 12.4 Å². The lowest BCUT2D eigenvalue weighted by atomic mass is 9.96. The molecule has 3 aliphatic rings. The van der Waals surface area contributed by atoms with Crippen LogP contribution in [-0.4, -0.2) is 68.5 Å². The topological polar surface area (TPSA) is 155 Å². The van der Waals surface area contributed by atoms with Gasteiger partial charge in [-0.1, -0.05) is 24.6 Å². The van der Waals surface area contributed by atoms with Gasteiger partial charge in [0.25, 0.3) is 0 Å². The van der Waals surface area contributed by atoms with Gasteiger partial charge in [0.2, 0.25) is 0 Å². The number of hydrogen-bond donors (Lipinski definition) is 2. The Morgan fingerprint density at radius 2 is 1.97 bits per heavy atom. The number of anilines is 1. The van der Waals surface area contributed by atoms with Gasteiger partial charge < -0.3 is 24.8 Å². The van der Waals surface area contributed by atoms with Crippen molar-refractivity contribution in [3.63, 3.8) is 0 Å². The van der Waals surface area contributed by atoms with Gasteiger partial charge in [0.05, 0.1) is 6.61 Å². The number of nitrogens with zero attached hydrogens (tertiary/aromatic N) is 3. The first-order chi connectivity index (χ1) is 18.6. The Morgan fingerprint density at radius 3 is 2.67 bits per heavy atom. The molecule has 6 atom stereocenters. The number of aliphatic hydroxyl groups is 1. The van der Waals surface area contributed by atoms with E-state index in [-0.39, 0.29) is 17.7 Å². The third kappa shape index (κ3) is 5.46. The normalized spacial score (nSPS) is 32.6. The molecule has 212 valence electrons. The summed E-state index contributed by atoms with van der Waals surface area (Å²) in [6.07, 6.45) is -0.0842. The second-order valence-corrected chi connectivity index (χ2v) is 12.0. The van der Waals surface area contributed by atoms with Crippen LogP contribution < -0.4 is 15.9 Å². The van der Waals surface area contributed by atoms with Crippen molar-refractivity contribution in [1.29, 1.82) is 0 Å². The molecule has 3 N–H and O–H groups in total. The van der Waals surface area contributed by atoms with Crippen molar-refractivity contribution in [2.45, 2.75) is 75.3 Å². The molecular weight excluding hydrogens is 534 g/mol. The van der Waals surface area contributed by atoms with Gasteiger partial charge >= 0.3 is 19.4 Å². The zero-order valence-electron chi connectivity index (χ0n) is 21.4. The number of nitrogens with two attached hydrogens (primary N) is 1. The summed E-state index contributed by atoms with van der Waals surface area (Å²) in [4.78, 5) is 29.2. The molecule has 2 aliphatic heterocycles. The highest BCUT2D eigenvalue weighted by Crippen LogP contribution is 2.59. The highest BCUT2D eigenvalue weighted by Gasteiger charge is 2.63. The highest BCUT2D eigenvalue weighted by atomic mass is 31.2. The summed E-state index contributed by atoms with van der Waals surface area (Å²) >= 11 is 0. The second-order valence-electron chi connectivity index (χ2n) is 10.1. The number of aliphatic hydroxyl groups excluding tert-OH is 1. The van der Waals surface area contributed by atoms with E-state index >= 15 is 4.39 Å². The summed E-state index contributed by atoms with van der Waals surface area (Å²) < 4.78 is 54.7. The van der Waals surface area contributed by atoms with Crippen LogP contribution in [-0.2, 0) is 23.4 Å². The zero-order valence-corrected chi connectivity index (χ0v) is 22.3. The van der Waals surface area contributed by atoms with E-state index in [1.165, 1.54) is 19.2 Å². The smallest absolute Gasteiger partial charge is 0.461 e. The van der Waals surface area contributed by atoms with Crippen LogP contribution in [0, 0.1) is 0 Å². The van der Waals surface area contributed by atoms with Crippen molar-refractivity contribution in [2.75, 3.05) is 18.9 Å². The number of rotatable bonds is 6. The van der Waals surface area contributed by atoms with Gasteiger partial charge in [-0.05, 0) is 50.8 Å². The fourth-order valence-electron chi connectivity index (χ4n) is 5.18. The van der Waals surface area contributed by atoms with E-state index in [0.717, 1.165) is 41.3 Å². The molecule has 3 heterocycles. The third-order valence-corrected chi connectivity index (χ3v) is 9.41. The van der Waals surface area contributed by atoms with Gasteiger partial charge in [-0.25, -0.2) is 13.8 Å². The number of carbonyl (C=O) groups excluding carboxylic acids is 1. The van der Waals surface area contributed by atoms with E-state index < -0.39 is 62.7 Å². The summed E-state index contributed by atoms with van der Waals surface area (Å²) in [5.74, 6) is -0.487. The standard InChI is InChI=1S/C25H32FN4O8P/c1-16(23(32)36-17-8-4-2-5-9-17)30-14-25(15-35-39(30,34)38-18-10-6-3-7-11-18)21(31)20(26)22(37-25)29-13-12-19(27)28-24(29)33/h3,6-7,10-13,16-17,20-22,31H,2,4-5,8-9,14-15H2,1H3,(H2,27,28,33)/t16-,20+,21-,22+,25+,39?/m0/s1. The molecule has 2 aromatic rings. The molecule has 12 nitrogen and oxygen atoms in total. The number of esters is 1. The summed E-state index contributed by atoms with van der Waals surface area (Å²) in [6, 6.07) is 8.39. The van der Waals surface area contributed by atoms with Crippen LogP contribution in [0.4, 0.5) is 10.2 Å². The molecule has 14 heteroatoms. The van der Waals surface area contributed by atoms with Gasteiger partial charge in [-0.3, -0.25) is 13.9 Å². The second kappa shape index (κ2) is 11.0. The number of halogens is 1. The van der Waals surface area contributed by atoms with Crippen molar-refractivity contribution >= 4 is 19.5 Å². The molecule has 0 bridgehead atoms. The first-order valence-corrected chi connectivity index (χ1v) is 14.4. The maximum absolute atomic E-state index is 15.5. The molecule has 2 saturated heterocycles. The first-order valence-electron chi connectivity index (χ1n) is 12.9. The minimum absolute atomic E-state index is 0.0589. The molecule has 3 fully saturated rings. The number of para-hydroxylation sites is 1. The van der Waals surface area contributed by atoms with Crippen LogP contribution in [0.15, 0.2) is 47.4 Å². The monoisotopic (exact) mass is 566 g/mol. The minimum Gasteiger partial charge on any atom is -0.461 e. The lowest BCUT2D eigenvalue weighted by molar-refractivity contribution is -0.165. The van der Waals surface area contributed by atoms with Crippen molar-refractivity contribution < 1.29 is 37.4 Å². The van der Waals surface area contributed by atoms with Gasteiger partial charge in [0.1, 0.15) is 35.4 Å². The number of carbonyl (C=O) groups is 1. The Balaban J connectivity index is 1.44. The van der Waals surface area contributed by atoms with Crippen LogP contribution in [0.1, 0.15) is 45.3 Å². The van der Waals surface area contributed by atoms with Crippen molar-refractivity contribution in [3.8, 4) is 5.75 Å². The molecule has 0 radical (unpaired) electrons. The molecule has 0 amide bonds. The van der Waals surface area contributed by atoms with Crippen LogP contribution in [0.25, 0.3) is 0 Å². The Kier molecular flexibility index (Phi) is 7.80. The Morgan fingerprint density at radius 1 is 1.26 bits per heavy atom. The number of benzene rings is 1. The van der Waals surface area contributed by atoms with E-state index in [1.54, 1.807) is 30.3 Å². The van der Waals surface area contributed by atoms with E-state index in [0.29, 0.717) is 0 Å². The van der Waals surface area contributed by atoms with Crippen molar-refractivity contribution in [2.24, 2.45) is 0 Å². The van der Waals surface area contributed by atoms with Crippen LogP contribution in [0.2, 0.25) is 0 Å². The predicted octanol–water partition coefficient (Wildman–Crippen LogP) is 2.58. The number of ether oxygens (including phenoxy) is 2. The summed E-state index contributed by atoms with van der Waals surface area (Å²) in [5.41, 5.74) is 2.87. The maximum Gasteiger partial charge on any atom is 0.462 e. The van der Waals surface area contributed by atoms with E-state index in [9.17, 15) is 19.3 Å². The van der Waals surface area contributed by atoms with Crippen molar-refractivity contribution in [3.05, 3.63) is 53.1 Å². The van der Waals surface area contributed by atoms with Gasteiger partial charge in [-0.15, -0.1) is 0 Å². The lowest BCUT2D eigenvalue weighted by Crippen LogP contribution is -2.59. The molecule has 5 rings (SSSR count). The zero-order chi connectivity index (χ0) is 27.8. The fraction of sp³-hybridized carbons (Fsp3) is 0.560. The van der Waals surface area contributed by atoms with Crippen molar-refractivity contribution in [1.82, 2.24) is 14.2 Å². The molecule has 1 saturated carbocycles. The average Bonchev–Trinajstić information content (AvgIpc) is 3.16. The molecule has 1 unspecified atom stereocenters. The largest absolute Gasteiger partial charge is 0.462 e. The van der Waals surface area contributed by atoms with E-state index in [1.807, 2.05) is 0 Å². The summed E-state index contributed by atoms with van der Waals surface area (Å²) in [6.45, 7) is 0.537. The Bertz CT molecular complexity index is 1290. The Labute approximate surface area is 224 Å². The number of hydrogen-bond acceptors (Lipinski definition) is 10. The van der Waals surface area contributed by atoms with Gasteiger partial charge in [-0.2, -0.15) is 9.65 Å². The lowest BCUT2D eigenvalue weighted by Gasteiger charge is -2.45. The maximum atomic E-state index is 15.5. The summed E-state index contributed by atoms with van der Waals surface area (Å²) in [5, 5.41) is 11.0. The quantitative estimate of drug-likeness (QED) is 0.391. The summed E-state index contributed by atoms with van der Waals surface area (Å²) in [7, 11) is -4.22. The Hall–Kier alpha value is -2.83.